The van der Waals surface area contributed by atoms with E-state index in [9.17, 15) is 0 Å². The normalized spacial score (nSPS) is 10.8. The van der Waals surface area contributed by atoms with Crippen molar-refractivity contribution in [3.05, 3.63) is 42.7 Å². The highest BCUT2D eigenvalue weighted by Gasteiger charge is 2.08. The molecule has 0 aliphatic heterocycles. The zero-order chi connectivity index (χ0) is 11.0. The second kappa shape index (κ2) is 3.49. The van der Waals surface area contributed by atoms with Gasteiger partial charge in [-0.15, -0.1) is 0 Å². The molecule has 0 amide bonds. The van der Waals surface area contributed by atoms with Gasteiger partial charge in [0.15, 0.2) is 0 Å². The van der Waals surface area contributed by atoms with Crippen LogP contribution in [0.1, 0.15) is 0 Å². The van der Waals surface area contributed by atoms with Gasteiger partial charge < -0.3 is 4.42 Å². The van der Waals surface area contributed by atoms with E-state index in [-0.39, 0.29) is 0 Å². The highest BCUT2D eigenvalue weighted by molar-refractivity contribution is 6.36. The van der Waals surface area contributed by atoms with Crippen LogP contribution in [-0.2, 0) is 0 Å². The Morgan fingerprint density at radius 3 is 2.62 bits per heavy atom. The van der Waals surface area contributed by atoms with E-state index in [1.807, 2.05) is 36.4 Å². The van der Waals surface area contributed by atoms with E-state index in [0.29, 0.717) is 11.3 Å². The Kier molecular flexibility index (Phi) is 1.99. The molecule has 16 heavy (non-hydrogen) atoms. The molecule has 0 saturated carbocycles. The van der Waals surface area contributed by atoms with Gasteiger partial charge in [-0.2, -0.15) is 0 Å². The van der Waals surface area contributed by atoms with E-state index in [2.05, 4.69) is 9.97 Å². The van der Waals surface area contributed by atoms with Gasteiger partial charge in [0.05, 0.1) is 5.39 Å². The molecule has 3 rings (SSSR count). The van der Waals surface area contributed by atoms with Crippen LogP contribution in [0.25, 0.3) is 22.4 Å². The summed E-state index contributed by atoms with van der Waals surface area (Å²) in [6, 6.07) is 11.7. The minimum Gasteiger partial charge on any atom is -0.438 e. The van der Waals surface area contributed by atoms with Crippen LogP contribution in [0.3, 0.4) is 0 Å². The van der Waals surface area contributed by atoms with Crippen molar-refractivity contribution in [2.75, 3.05) is 0 Å². The molecule has 0 atom stereocenters. The van der Waals surface area contributed by atoms with Gasteiger partial charge in [-0.05, 0) is 6.07 Å². The molecule has 74 valence electrons. The van der Waals surface area contributed by atoms with Crippen molar-refractivity contribution >= 4 is 24.5 Å². The molecule has 0 saturated heterocycles. The Balaban J connectivity index is 2.23. The van der Waals surface area contributed by atoms with Crippen LogP contribution >= 0.6 is 0 Å². The number of fused-ring (bicyclic) bond motifs is 1. The Morgan fingerprint density at radius 2 is 1.88 bits per heavy atom. The lowest BCUT2D eigenvalue weighted by molar-refractivity contribution is 0.618. The zero-order valence-corrected chi connectivity index (χ0v) is 8.42. The molecular weight excluding hydrogens is 199 g/mol. The molecule has 2 radical (unpaired) electrons. The summed E-state index contributed by atoms with van der Waals surface area (Å²) in [6.07, 6.45) is 1.40. The number of furan rings is 1. The molecule has 1 aromatic carbocycles. The van der Waals surface area contributed by atoms with E-state index >= 15 is 0 Å². The number of nitrogens with zero attached hydrogens (tertiary/aromatic N) is 2. The molecule has 0 N–H and O–H groups in total. The van der Waals surface area contributed by atoms with E-state index in [0.717, 1.165) is 16.7 Å². The SMILES string of the molecule is [B]c1ncnc2oc(-c3ccccc3)cc12. The maximum atomic E-state index is 5.74. The Morgan fingerprint density at radius 1 is 1.06 bits per heavy atom. The lowest BCUT2D eigenvalue weighted by Crippen LogP contribution is -2.07. The average molecular weight is 206 g/mol. The number of hydrogen-bond acceptors (Lipinski definition) is 3. The van der Waals surface area contributed by atoms with E-state index < -0.39 is 0 Å². The Labute approximate surface area is 93.6 Å². The fraction of sp³-hybridized carbons (Fsp3) is 0. The highest BCUT2D eigenvalue weighted by Crippen LogP contribution is 2.24. The first-order chi connectivity index (χ1) is 7.84. The van der Waals surface area contributed by atoms with Crippen LogP contribution in [-0.4, -0.2) is 17.8 Å². The summed E-state index contributed by atoms with van der Waals surface area (Å²) in [4.78, 5) is 7.95. The topological polar surface area (TPSA) is 38.9 Å². The number of benzene rings is 1. The van der Waals surface area contributed by atoms with Gasteiger partial charge in [0.1, 0.15) is 19.9 Å². The predicted octanol–water partition coefficient (Wildman–Crippen LogP) is 1.68. The first kappa shape index (κ1) is 9.15. The molecule has 0 unspecified atom stereocenters. The molecule has 2 heterocycles. The molecule has 0 aliphatic rings. The quantitative estimate of drug-likeness (QED) is 0.568. The summed E-state index contributed by atoms with van der Waals surface area (Å²) < 4.78 is 5.60. The molecule has 4 heteroatoms. The van der Waals surface area contributed by atoms with E-state index in [1.54, 1.807) is 0 Å². The number of rotatable bonds is 1. The smallest absolute Gasteiger partial charge is 0.229 e. The summed E-state index contributed by atoms with van der Waals surface area (Å²) in [5, 5.41) is 0.751. The largest absolute Gasteiger partial charge is 0.438 e. The maximum absolute atomic E-state index is 5.74. The molecule has 0 fully saturated rings. The lowest BCUT2D eigenvalue weighted by atomic mass is 10.0. The fourth-order valence-electron chi connectivity index (χ4n) is 1.62. The minimum absolute atomic E-state index is 0.441. The molecule has 3 nitrogen and oxygen atoms in total. The van der Waals surface area contributed by atoms with Crippen molar-refractivity contribution in [3.8, 4) is 11.3 Å². The van der Waals surface area contributed by atoms with Crippen LogP contribution in [0.5, 0.6) is 0 Å². The van der Waals surface area contributed by atoms with Gasteiger partial charge in [-0.1, -0.05) is 30.3 Å². The van der Waals surface area contributed by atoms with E-state index in [4.69, 9.17) is 12.3 Å². The van der Waals surface area contributed by atoms with Gasteiger partial charge in [0.2, 0.25) is 5.71 Å². The minimum atomic E-state index is 0.441. The average Bonchev–Trinajstić information content (AvgIpc) is 2.76. The molecule has 0 aliphatic carbocycles. The van der Waals surface area contributed by atoms with Crippen LogP contribution in [0.2, 0.25) is 0 Å². The van der Waals surface area contributed by atoms with Crippen molar-refractivity contribution in [1.29, 1.82) is 0 Å². The van der Waals surface area contributed by atoms with Crippen molar-refractivity contribution in [3.63, 3.8) is 0 Å². The standard InChI is InChI=1S/C12H7BN2O/c13-11-9-6-10(8-4-2-1-3-5-8)16-12(9)15-7-14-11/h1-7H. The Bertz CT molecular complexity index is 634. The molecule has 0 spiro atoms. The summed E-state index contributed by atoms with van der Waals surface area (Å²) in [7, 11) is 5.74. The first-order valence-corrected chi connectivity index (χ1v) is 4.90. The molecule has 2 aromatic heterocycles. The number of aromatic nitrogens is 2. The Hall–Kier alpha value is -2.10. The van der Waals surface area contributed by atoms with Crippen LogP contribution in [0.15, 0.2) is 47.1 Å². The summed E-state index contributed by atoms with van der Waals surface area (Å²) >= 11 is 0. The second-order valence-electron chi connectivity index (χ2n) is 3.45. The monoisotopic (exact) mass is 206 g/mol. The van der Waals surface area contributed by atoms with Gasteiger partial charge in [0, 0.05) is 11.2 Å². The summed E-state index contributed by atoms with van der Waals surface area (Å²) in [5.74, 6) is 0.753. The molecule has 0 bridgehead atoms. The highest BCUT2D eigenvalue weighted by atomic mass is 16.3. The third-order valence-electron chi connectivity index (χ3n) is 2.42. The van der Waals surface area contributed by atoms with Crippen molar-refractivity contribution in [1.82, 2.24) is 9.97 Å². The summed E-state index contributed by atoms with van der Waals surface area (Å²) in [5.41, 5.74) is 1.96. The molecular formula is C12H7BN2O. The van der Waals surface area contributed by atoms with Gasteiger partial charge in [0.25, 0.3) is 0 Å². The van der Waals surface area contributed by atoms with Gasteiger partial charge >= 0.3 is 0 Å². The third-order valence-corrected chi connectivity index (χ3v) is 2.42. The predicted molar refractivity (Wildman–Crippen MR) is 62.6 cm³/mol. The first-order valence-electron chi connectivity index (χ1n) is 4.90. The van der Waals surface area contributed by atoms with Gasteiger partial charge in [-0.25, -0.2) is 4.98 Å². The van der Waals surface area contributed by atoms with Crippen LogP contribution < -0.4 is 5.59 Å². The number of hydrogen-bond donors (Lipinski definition) is 0. The maximum Gasteiger partial charge on any atom is 0.229 e. The van der Waals surface area contributed by atoms with Crippen molar-refractivity contribution < 1.29 is 4.42 Å². The third kappa shape index (κ3) is 1.39. The van der Waals surface area contributed by atoms with Gasteiger partial charge in [-0.3, -0.25) is 4.98 Å². The van der Waals surface area contributed by atoms with E-state index in [1.165, 1.54) is 6.33 Å². The summed E-state index contributed by atoms with van der Waals surface area (Å²) in [6.45, 7) is 0. The second-order valence-corrected chi connectivity index (χ2v) is 3.45. The zero-order valence-electron chi connectivity index (χ0n) is 8.42. The lowest BCUT2D eigenvalue weighted by Gasteiger charge is -1.92. The van der Waals surface area contributed by atoms with Crippen LogP contribution in [0, 0.1) is 0 Å². The van der Waals surface area contributed by atoms with Crippen molar-refractivity contribution in [2.24, 2.45) is 0 Å². The van der Waals surface area contributed by atoms with Crippen molar-refractivity contribution in [2.45, 2.75) is 0 Å². The molecule has 3 aromatic rings. The van der Waals surface area contributed by atoms with Crippen LogP contribution in [0.4, 0.5) is 0 Å². The fourth-order valence-corrected chi connectivity index (χ4v) is 1.62.